The lowest BCUT2D eigenvalue weighted by molar-refractivity contribution is 0.0899. The van der Waals surface area contributed by atoms with E-state index in [1.807, 2.05) is 18.2 Å². The highest BCUT2D eigenvalue weighted by molar-refractivity contribution is 6.31. The third-order valence-corrected chi connectivity index (χ3v) is 5.11. The van der Waals surface area contributed by atoms with Crippen molar-refractivity contribution >= 4 is 22.6 Å². The van der Waals surface area contributed by atoms with Gasteiger partial charge in [0.1, 0.15) is 5.52 Å². The van der Waals surface area contributed by atoms with Crippen LogP contribution in [0.1, 0.15) is 38.1 Å². The predicted molar refractivity (Wildman–Crippen MR) is 87.0 cm³/mol. The molecule has 5 nitrogen and oxygen atoms in total. The van der Waals surface area contributed by atoms with Gasteiger partial charge in [0.25, 0.3) is 0 Å². The van der Waals surface area contributed by atoms with Gasteiger partial charge in [-0.05, 0) is 50.6 Å². The summed E-state index contributed by atoms with van der Waals surface area (Å²) >= 11 is 6.04. The lowest BCUT2D eigenvalue weighted by atomic mass is 10.0. The molecule has 22 heavy (non-hydrogen) atoms. The normalized spacial score (nSPS) is 27.3. The number of hydrogen-bond donors (Lipinski definition) is 0. The molecule has 0 spiro atoms. The first-order chi connectivity index (χ1) is 10.8. The SMILES string of the molecule is Clc1ccc2c(c1)nnn2C1CC[N]C(N2CCCCC2)C1. The Morgan fingerprint density at radius 2 is 2.00 bits per heavy atom. The van der Waals surface area contributed by atoms with Crippen LogP contribution in [-0.4, -0.2) is 45.7 Å². The molecule has 4 rings (SSSR count). The molecule has 2 fully saturated rings. The van der Waals surface area contributed by atoms with E-state index in [9.17, 15) is 0 Å². The van der Waals surface area contributed by atoms with Crippen LogP contribution in [0.25, 0.3) is 11.0 Å². The van der Waals surface area contributed by atoms with Gasteiger partial charge in [0.2, 0.25) is 0 Å². The van der Waals surface area contributed by atoms with Crippen LogP contribution in [0.4, 0.5) is 0 Å². The van der Waals surface area contributed by atoms with Gasteiger partial charge in [0, 0.05) is 18.0 Å². The number of fused-ring (bicyclic) bond motifs is 1. The molecule has 2 atom stereocenters. The van der Waals surface area contributed by atoms with Gasteiger partial charge in [-0.1, -0.05) is 23.2 Å². The number of benzene rings is 1. The molecular formula is C16H21ClN5. The van der Waals surface area contributed by atoms with Crippen molar-refractivity contribution in [2.75, 3.05) is 19.6 Å². The molecule has 2 aromatic rings. The molecule has 0 aliphatic carbocycles. The van der Waals surface area contributed by atoms with Crippen molar-refractivity contribution in [1.82, 2.24) is 25.2 Å². The maximum Gasteiger partial charge on any atom is 0.114 e. The monoisotopic (exact) mass is 318 g/mol. The molecular weight excluding hydrogens is 298 g/mol. The van der Waals surface area contributed by atoms with E-state index >= 15 is 0 Å². The maximum atomic E-state index is 6.04. The van der Waals surface area contributed by atoms with E-state index in [0.717, 1.165) is 30.4 Å². The highest BCUT2D eigenvalue weighted by atomic mass is 35.5. The van der Waals surface area contributed by atoms with E-state index in [-0.39, 0.29) is 0 Å². The van der Waals surface area contributed by atoms with Gasteiger partial charge in [-0.2, -0.15) is 0 Å². The molecule has 0 bridgehead atoms. The molecule has 2 aliphatic heterocycles. The van der Waals surface area contributed by atoms with Crippen LogP contribution in [-0.2, 0) is 0 Å². The van der Waals surface area contributed by atoms with E-state index < -0.39 is 0 Å². The third kappa shape index (κ3) is 2.73. The number of aromatic nitrogens is 3. The van der Waals surface area contributed by atoms with Crippen LogP contribution in [0.2, 0.25) is 5.02 Å². The molecule has 2 saturated heterocycles. The molecule has 0 amide bonds. The Labute approximate surface area is 135 Å². The van der Waals surface area contributed by atoms with Crippen LogP contribution >= 0.6 is 11.6 Å². The number of halogens is 1. The summed E-state index contributed by atoms with van der Waals surface area (Å²) < 4.78 is 2.08. The Hall–Kier alpha value is -1.17. The summed E-state index contributed by atoms with van der Waals surface area (Å²) in [5, 5.41) is 14.2. The van der Waals surface area contributed by atoms with Crippen LogP contribution < -0.4 is 5.32 Å². The second-order valence-electron chi connectivity index (χ2n) is 6.33. The molecule has 1 radical (unpaired) electrons. The number of nitrogens with zero attached hydrogens (tertiary/aromatic N) is 5. The molecule has 0 N–H and O–H groups in total. The Bertz CT molecular complexity index is 649. The van der Waals surface area contributed by atoms with E-state index in [1.165, 1.54) is 32.4 Å². The number of likely N-dealkylation sites (tertiary alicyclic amines) is 1. The largest absolute Gasteiger partial charge is 0.287 e. The van der Waals surface area contributed by atoms with Crippen molar-refractivity contribution in [2.24, 2.45) is 0 Å². The van der Waals surface area contributed by atoms with Crippen molar-refractivity contribution < 1.29 is 0 Å². The minimum Gasteiger partial charge on any atom is -0.287 e. The fourth-order valence-electron chi connectivity index (χ4n) is 3.70. The molecule has 2 unspecified atom stereocenters. The van der Waals surface area contributed by atoms with Gasteiger partial charge in [-0.3, -0.25) is 4.90 Å². The number of rotatable bonds is 2. The van der Waals surface area contributed by atoms with Gasteiger partial charge in [0.05, 0.1) is 17.7 Å². The summed E-state index contributed by atoms with van der Waals surface area (Å²) in [7, 11) is 0. The van der Waals surface area contributed by atoms with E-state index in [4.69, 9.17) is 16.9 Å². The minimum absolute atomic E-state index is 0.352. The molecule has 2 aliphatic rings. The van der Waals surface area contributed by atoms with E-state index in [1.54, 1.807) is 0 Å². The van der Waals surface area contributed by atoms with Crippen LogP contribution in [0.5, 0.6) is 0 Å². The zero-order valence-corrected chi connectivity index (χ0v) is 13.4. The highest BCUT2D eigenvalue weighted by Gasteiger charge is 2.30. The predicted octanol–water partition coefficient (Wildman–Crippen LogP) is 2.84. The lowest BCUT2D eigenvalue weighted by Gasteiger charge is -2.38. The summed E-state index contributed by atoms with van der Waals surface area (Å²) in [6, 6.07) is 6.21. The average molecular weight is 319 g/mol. The molecule has 1 aromatic carbocycles. The Kier molecular flexibility index (Phi) is 4.03. The van der Waals surface area contributed by atoms with Gasteiger partial charge in [0.15, 0.2) is 0 Å². The highest BCUT2D eigenvalue weighted by Crippen LogP contribution is 2.28. The van der Waals surface area contributed by atoms with E-state index in [0.29, 0.717) is 17.2 Å². The lowest BCUT2D eigenvalue weighted by Crippen LogP contribution is -2.48. The molecule has 1 aromatic heterocycles. The zero-order chi connectivity index (χ0) is 14.9. The Morgan fingerprint density at radius 1 is 1.14 bits per heavy atom. The van der Waals surface area contributed by atoms with E-state index in [2.05, 4.69) is 19.9 Å². The number of hydrogen-bond acceptors (Lipinski definition) is 3. The summed E-state index contributed by atoms with van der Waals surface area (Å²) in [6.45, 7) is 3.30. The summed E-state index contributed by atoms with van der Waals surface area (Å²) in [5.41, 5.74) is 1.96. The van der Waals surface area contributed by atoms with Gasteiger partial charge in [-0.15, -0.1) is 5.10 Å². The number of piperidine rings is 2. The van der Waals surface area contributed by atoms with Gasteiger partial charge in [-0.25, -0.2) is 10.00 Å². The second-order valence-corrected chi connectivity index (χ2v) is 6.77. The maximum absolute atomic E-state index is 6.04. The minimum atomic E-state index is 0.352. The van der Waals surface area contributed by atoms with Crippen molar-refractivity contribution in [2.45, 2.75) is 44.3 Å². The molecule has 117 valence electrons. The summed E-state index contributed by atoms with van der Waals surface area (Å²) in [5.74, 6) is 0. The summed E-state index contributed by atoms with van der Waals surface area (Å²) in [6.07, 6.45) is 6.42. The van der Waals surface area contributed by atoms with Crippen molar-refractivity contribution in [3.8, 4) is 0 Å². The van der Waals surface area contributed by atoms with Gasteiger partial charge >= 0.3 is 0 Å². The quantitative estimate of drug-likeness (QED) is 0.855. The smallest absolute Gasteiger partial charge is 0.114 e. The fourth-order valence-corrected chi connectivity index (χ4v) is 3.86. The Morgan fingerprint density at radius 3 is 2.86 bits per heavy atom. The first kappa shape index (κ1) is 14.4. The van der Waals surface area contributed by atoms with Crippen LogP contribution in [0.15, 0.2) is 18.2 Å². The van der Waals surface area contributed by atoms with Crippen molar-refractivity contribution in [1.29, 1.82) is 0 Å². The molecule has 6 heteroatoms. The first-order valence-corrected chi connectivity index (χ1v) is 8.60. The standard InChI is InChI=1S/C16H21ClN5/c17-12-4-5-15-14(10-12)19-20-22(15)13-6-7-18-16(11-13)21-8-2-1-3-9-21/h4-5,10,13,16H,1-3,6-9,11H2. The second kappa shape index (κ2) is 6.14. The first-order valence-electron chi connectivity index (χ1n) is 8.22. The summed E-state index contributed by atoms with van der Waals surface area (Å²) in [4.78, 5) is 2.55. The van der Waals surface area contributed by atoms with Gasteiger partial charge < -0.3 is 0 Å². The van der Waals surface area contributed by atoms with Crippen LogP contribution in [0, 0.1) is 0 Å². The third-order valence-electron chi connectivity index (χ3n) is 4.88. The fraction of sp³-hybridized carbons (Fsp3) is 0.625. The molecule has 3 heterocycles. The average Bonchev–Trinajstić information content (AvgIpc) is 2.99. The topological polar surface area (TPSA) is 48.1 Å². The molecule has 0 saturated carbocycles. The van der Waals surface area contributed by atoms with Crippen LogP contribution in [0.3, 0.4) is 0 Å². The van der Waals surface area contributed by atoms with Crippen molar-refractivity contribution in [3.05, 3.63) is 23.2 Å². The zero-order valence-electron chi connectivity index (χ0n) is 12.7. The Balaban J connectivity index is 1.55. The van der Waals surface area contributed by atoms with Crippen molar-refractivity contribution in [3.63, 3.8) is 0 Å².